The van der Waals surface area contributed by atoms with E-state index in [4.69, 9.17) is 5.11 Å². The molecule has 0 bridgehead atoms. The Morgan fingerprint density at radius 3 is 2.61 bits per heavy atom. The molecule has 0 unspecified atom stereocenters. The highest BCUT2D eigenvalue weighted by Crippen LogP contribution is 2.15. The van der Waals surface area contributed by atoms with Gasteiger partial charge in [-0.25, -0.2) is 0 Å². The van der Waals surface area contributed by atoms with Gasteiger partial charge < -0.3 is 10.0 Å². The first-order valence-corrected chi connectivity index (χ1v) is 6.95. The molecule has 1 heterocycles. The number of halogens is 1. The Bertz CT molecular complexity index is 394. The summed E-state index contributed by atoms with van der Waals surface area (Å²) in [5, 5.41) is 9.11. The van der Waals surface area contributed by atoms with Crippen molar-refractivity contribution in [2.75, 3.05) is 13.2 Å². The van der Waals surface area contributed by atoms with Crippen molar-refractivity contribution in [3.8, 4) is 0 Å². The topological polar surface area (TPSA) is 53.4 Å². The minimum atomic E-state index is -0.0773. The first-order valence-electron chi connectivity index (χ1n) is 6.16. The number of aliphatic hydroxyl groups is 1. The molecule has 0 fully saturated rings. The quantitative estimate of drug-likeness (QED) is 0.877. The highest BCUT2D eigenvalue weighted by molar-refractivity contribution is 9.10. The van der Waals surface area contributed by atoms with E-state index in [0.29, 0.717) is 12.1 Å². The minimum Gasteiger partial charge on any atom is -0.395 e. The molecule has 100 valence electrons. The van der Waals surface area contributed by atoms with Gasteiger partial charge >= 0.3 is 0 Å². The molecule has 1 aromatic heterocycles. The Kier molecular flexibility index (Phi) is 6.29. The number of nitrogens with zero attached hydrogens (tertiary/aromatic N) is 2. The van der Waals surface area contributed by atoms with Gasteiger partial charge in [-0.15, -0.1) is 0 Å². The summed E-state index contributed by atoms with van der Waals surface area (Å²) in [5.74, 6) is -0.0773. The molecular formula is C13H19BrN2O2. The van der Waals surface area contributed by atoms with Crippen LogP contribution in [0, 0.1) is 0 Å². The van der Waals surface area contributed by atoms with Crippen molar-refractivity contribution < 1.29 is 9.90 Å². The monoisotopic (exact) mass is 314 g/mol. The summed E-state index contributed by atoms with van der Waals surface area (Å²) in [7, 11) is 0. The van der Waals surface area contributed by atoms with E-state index in [2.05, 4.69) is 20.9 Å². The second-order valence-electron chi connectivity index (χ2n) is 4.08. The van der Waals surface area contributed by atoms with Crippen LogP contribution in [0.1, 0.15) is 37.0 Å². The molecule has 1 rings (SSSR count). The van der Waals surface area contributed by atoms with Gasteiger partial charge in [-0.2, -0.15) is 0 Å². The molecule has 1 aromatic rings. The molecule has 0 spiro atoms. The van der Waals surface area contributed by atoms with Crippen LogP contribution in [0.2, 0.25) is 0 Å². The summed E-state index contributed by atoms with van der Waals surface area (Å²) >= 11 is 3.31. The average Bonchev–Trinajstić information content (AvgIpc) is 2.38. The van der Waals surface area contributed by atoms with Gasteiger partial charge in [0.15, 0.2) is 0 Å². The van der Waals surface area contributed by atoms with E-state index in [1.807, 2.05) is 13.8 Å². The molecule has 0 aromatic carbocycles. The second kappa shape index (κ2) is 7.48. The fourth-order valence-electron chi connectivity index (χ4n) is 1.98. The third kappa shape index (κ3) is 3.78. The first-order chi connectivity index (χ1) is 8.63. The third-order valence-corrected chi connectivity index (χ3v) is 3.37. The average molecular weight is 315 g/mol. The number of aliphatic hydroxyl groups excluding tert-OH is 1. The summed E-state index contributed by atoms with van der Waals surface area (Å²) in [6.07, 6.45) is 4.96. The minimum absolute atomic E-state index is 0.0241. The zero-order chi connectivity index (χ0) is 13.5. The molecule has 0 saturated carbocycles. The maximum Gasteiger partial charge on any atom is 0.255 e. The molecule has 0 aliphatic carbocycles. The summed E-state index contributed by atoms with van der Waals surface area (Å²) in [5.41, 5.74) is 0.546. The van der Waals surface area contributed by atoms with Crippen LogP contribution in [0.4, 0.5) is 0 Å². The lowest BCUT2D eigenvalue weighted by Gasteiger charge is -2.30. The van der Waals surface area contributed by atoms with Crippen LogP contribution in [-0.2, 0) is 0 Å². The Morgan fingerprint density at radius 2 is 2.11 bits per heavy atom. The van der Waals surface area contributed by atoms with Crippen LogP contribution in [0.15, 0.2) is 22.9 Å². The van der Waals surface area contributed by atoms with Crippen molar-refractivity contribution in [1.82, 2.24) is 9.88 Å². The zero-order valence-corrected chi connectivity index (χ0v) is 12.4. The normalized spacial score (nSPS) is 10.7. The first kappa shape index (κ1) is 15.1. The van der Waals surface area contributed by atoms with Gasteiger partial charge in [0.25, 0.3) is 5.91 Å². The van der Waals surface area contributed by atoms with Gasteiger partial charge in [0.05, 0.1) is 12.2 Å². The molecule has 1 amide bonds. The van der Waals surface area contributed by atoms with Crippen LogP contribution in [-0.4, -0.2) is 40.1 Å². The molecular weight excluding hydrogens is 296 g/mol. The number of rotatable bonds is 6. The van der Waals surface area contributed by atoms with Crippen molar-refractivity contribution in [3.63, 3.8) is 0 Å². The molecule has 0 atom stereocenters. The Hall–Kier alpha value is -0.940. The highest BCUT2D eigenvalue weighted by atomic mass is 79.9. The predicted octanol–water partition coefficient (Wildman–Crippen LogP) is 2.47. The predicted molar refractivity (Wildman–Crippen MR) is 74.4 cm³/mol. The van der Waals surface area contributed by atoms with Crippen LogP contribution < -0.4 is 0 Å². The van der Waals surface area contributed by atoms with Gasteiger partial charge in [-0.3, -0.25) is 9.78 Å². The summed E-state index contributed by atoms with van der Waals surface area (Å²) in [6, 6.07) is 1.91. The van der Waals surface area contributed by atoms with Gasteiger partial charge in [0, 0.05) is 29.5 Å². The molecule has 0 radical (unpaired) electrons. The lowest BCUT2D eigenvalue weighted by molar-refractivity contribution is 0.0622. The van der Waals surface area contributed by atoms with Crippen molar-refractivity contribution in [3.05, 3.63) is 28.5 Å². The number of pyridine rings is 1. The Morgan fingerprint density at radius 1 is 1.44 bits per heavy atom. The zero-order valence-electron chi connectivity index (χ0n) is 10.8. The second-order valence-corrected chi connectivity index (χ2v) is 5.00. The smallest absolute Gasteiger partial charge is 0.255 e. The van der Waals surface area contributed by atoms with E-state index < -0.39 is 0 Å². The van der Waals surface area contributed by atoms with E-state index in [9.17, 15) is 4.79 Å². The lowest BCUT2D eigenvalue weighted by Crippen LogP contribution is -2.41. The molecule has 1 N–H and O–H groups in total. The molecule has 0 aliphatic rings. The fourth-order valence-corrected chi connectivity index (χ4v) is 2.35. The van der Waals surface area contributed by atoms with Crippen molar-refractivity contribution in [2.24, 2.45) is 0 Å². The number of hydrogen-bond donors (Lipinski definition) is 1. The van der Waals surface area contributed by atoms with E-state index in [1.165, 1.54) is 0 Å². The van der Waals surface area contributed by atoms with Crippen molar-refractivity contribution in [2.45, 2.75) is 32.7 Å². The van der Waals surface area contributed by atoms with E-state index in [0.717, 1.165) is 17.3 Å². The maximum absolute atomic E-state index is 12.4. The molecule has 5 heteroatoms. The third-order valence-electron chi connectivity index (χ3n) is 2.94. The molecule has 0 aliphatic heterocycles. The molecule has 18 heavy (non-hydrogen) atoms. The lowest BCUT2D eigenvalue weighted by atomic mass is 10.1. The van der Waals surface area contributed by atoms with Crippen LogP contribution >= 0.6 is 15.9 Å². The summed E-state index contributed by atoms with van der Waals surface area (Å²) < 4.78 is 0.779. The standard InChI is InChI=1S/C13H19BrN2O2/c1-3-12(4-2)16(5-6-17)13(18)10-7-11(14)9-15-8-10/h7-9,12,17H,3-6H2,1-2H3. The Balaban J connectivity index is 2.95. The largest absolute Gasteiger partial charge is 0.395 e. The number of aromatic nitrogens is 1. The summed E-state index contributed by atoms with van der Waals surface area (Å²) in [6.45, 7) is 4.43. The number of carbonyl (C=O) groups is 1. The van der Waals surface area contributed by atoms with E-state index in [1.54, 1.807) is 23.4 Å². The summed E-state index contributed by atoms with van der Waals surface area (Å²) in [4.78, 5) is 18.1. The maximum atomic E-state index is 12.4. The van der Waals surface area contributed by atoms with Gasteiger partial charge in [0.1, 0.15) is 0 Å². The highest BCUT2D eigenvalue weighted by Gasteiger charge is 2.22. The number of hydrogen-bond acceptors (Lipinski definition) is 3. The van der Waals surface area contributed by atoms with E-state index in [-0.39, 0.29) is 18.6 Å². The Labute approximate surface area is 116 Å². The SMILES string of the molecule is CCC(CC)N(CCO)C(=O)c1cncc(Br)c1. The van der Waals surface area contributed by atoms with Gasteiger partial charge in [-0.05, 0) is 34.8 Å². The number of carbonyl (C=O) groups excluding carboxylic acids is 1. The van der Waals surface area contributed by atoms with Crippen LogP contribution in [0.3, 0.4) is 0 Å². The van der Waals surface area contributed by atoms with E-state index >= 15 is 0 Å². The van der Waals surface area contributed by atoms with Crippen LogP contribution in [0.5, 0.6) is 0 Å². The number of amides is 1. The fraction of sp³-hybridized carbons (Fsp3) is 0.538. The van der Waals surface area contributed by atoms with Gasteiger partial charge in [-0.1, -0.05) is 13.8 Å². The van der Waals surface area contributed by atoms with Crippen molar-refractivity contribution >= 4 is 21.8 Å². The molecule has 4 nitrogen and oxygen atoms in total. The molecule has 0 saturated heterocycles. The van der Waals surface area contributed by atoms with Crippen molar-refractivity contribution in [1.29, 1.82) is 0 Å². The van der Waals surface area contributed by atoms with Gasteiger partial charge in [0.2, 0.25) is 0 Å². The van der Waals surface area contributed by atoms with Crippen LogP contribution in [0.25, 0.3) is 0 Å².